The van der Waals surface area contributed by atoms with Crippen molar-refractivity contribution in [2.75, 3.05) is 0 Å². The van der Waals surface area contributed by atoms with Crippen molar-refractivity contribution in [2.45, 2.75) is 26.9 Å². The molecule has 0 aliphatic heterocycles. The summed E-state index contributed by atoms with van der Waals surface area (Å²) in [6.07, 6.45) is -0.621. The van der Waals surface area contributed by atoms with Gasteiger partial charge >= 0.3 is 5.97 Å². The number of carbonyl (C=O) groups is 1. The molecule has 3 aromatic rings. The van der Waals surface area contributed by atoms with Gasteiger partial charge < -0.3 is 9.15 Å². The number of aromatic nitrogens is 2. The van der Waals surface area contributed by atoms with E-state index in [2.05, 4.69) is 10.2 Å². The summed E-state index contributed by atoms with van der Waals surface area (Å²) in [6, 6.07) is 14.9. The molecule has 0 saturated carbocycles. The first kappa shape index (κ1) is 15.9. The third-order valence-corrected chi connectivity index (χ3v) is 3.84. The van der Waals surface area contributed by atoms with E-state index >= 15 is 0 Å². The SMILES string of the molecule is Cc1ccc(C(=O)O[C@@H](C)c2nnc(-c3ccccc3)o2)cc1C. The van der Waals surface area contributed by atoms with E-state index < -0.39 is 12.1 Å². The lowest BCUT2D eigenvalue weighted by molar-refractivity contribution is 0.0280. The Bertz CT molecular complexity index is 856. The summed E-state index contributed by atoms with van der Waals surface area (Å²) in [6.45, 7) is 5.66. The predicted molar refractivity (Wildman–Crippen MR) is 89.5 cm³/mol. The smallest absolute Gasteiger partial charge is 0.338 e. The molecule has 0 amide bonds. The summed E-state index contributed by atoms with van der Waals surface area (Å²) in [4.78, 5) is 12.3. The molecule has 0 unspecified atom stereocenters. The quantitative estimate of drug-likeness (QED) is 0.671. The lowest BCUT2D eigenvalue weighted by Gasteiger charge is -2.10. The lowest BCUT2D eigenvalue weighted by atomic mass is 10.1. The fourth-order valence-corrected chi connectivity index (χ4v) is 2.24. The molecule has 5 heteroatoms. The minimum absolute atomic E-state index is 0.269. The van der Waals surface area contributed by atoms with Crippen LogP contribution in [-0.2, 0) is 4.74 Å². The van der Waals surface area contributed by atoms with Crippen LogP contribution in [0.1, 0.15) is 40.4 Å². The highest BCUT2D eigenvalue weighted by atomic mass is 16.6. The molecule has 0 radical (unpaired) electrons. The van der Waals surface area contributed by atoms with Crippen LogP contribution in [0.2, 0.25) is 0 Å². The molecule has 0 aliphatic rings. The van der Waals surface area contributed by atoms with E-state index in [4.69, 9.17) is 9.15 Å². The van der Waals surface area contributed by atoms with Crippen molar-refractivity contribution in [1.82, 2.24) is 10.2 Å². The molecule has 5 nitrogen and oxygen atoms in total. The fraction of sp³-hybridized carbons (Fsp3) is 0.211. The first-order valence-corrected chi connectivity index (χ1v) is 7.71. The van der Waals surface area contributed by atoms with Gasteiger partial charge in [-0.1, -0.05) is 24.3 Å². The van der Waals surface area contributed by atoms with Crippen LogP contribution >= 0.6 is 0 Å². The molecule has 0 aliphatic carbocycles. The highest BCUT2D eigenvalue weighted by Crippen LogP contribution is 2.23. The molecule has 0 saturated heterocycles. The van der Waals surface area contributed by atoms with Crippen molar-refractivity contribution in [3.05, 3.63) is 71.1 Å². The maximum Gasteiger partial charge on any atom is 0.338 e. The number of esters is 1. The van der Waals surface area contributed by atoms with Crippen molar-refractivity contribution >= 4 is 5.97 Å². The minimum atomic E-state index is -0.621. The molecule has 0 bridgehead atoms. The Morgan fingerprint density at radius 2 is 1.79 bits per heavy atom. The number of rotatable bonds is 4. The number of carbonyl (C=O) groups excluding carboxylic acids is 1. The number of hydrogen-bond acceptors (Lipinski definition) is 5. The van der Waals surface area contributed by atoms with Crippen LogP contribution in [0.4, 0.5) is 0 Å². The molecule has 0 fully saturated rings. The second-order valence-corrected chi connectivity index (χ2v) is 5.66. The Kier molecular flexibility index (Phi) is 4.42. The van der Waals surface area contributed by atoms with Gasteiger partial charge in [-0.3, -0.25) is 0 Å². The van der Waals surface area contributed by atoms with E-state index in [1.54, 1.807) is 13.0 Å². The lowest BCUT2D eigenvalue weighted by Crippen LogP contribution is -2.10. The summed E-state index contributed by atoms with van der Waals surface area (Å²) >= 11 is 0. The van der Waals surface area contributed by atoms with Crippen LogP contribution in [0, 0.1) is 13.8 Å². The number of ether oxygens (including phenoxy) is 1. The summed E-state index contributed by atoms with van der Waals surface area (Å²) in [5.74, 6) is 0.260. The van der Waals surface area contributed by atoms with Crippen LogP contribution in [0.25, 0.3) is 11.5 Å². The number of aryl methyl sites for hydroxylation is 2. The van der Waals surface area contributed by atoms with E-state index in [0.29, 0.717) is 11.5 Å². The molecule has 3 rings (SSSR count). The summed E-state index contributed by atoms with van der Waals surface area (Å²) in [5, 5.41) is 7.98. The van der Waals surface area contributed by atoms with E-state index in [-0.39, 0.29) is 5.89 Å². The van der Waals surface area contributed by atoms with Crippen LogP contribution < -0.4 is 0 Å². The maximum absolute atomic E-state index is 12.3. The number of nitrogens with zero attached hydrogens (tertiary/aromatic N) is 2. The van der Waals surface area contributed by atoms with Gasteiger partial charge in [0.2, 0.25) is 5.89 Å². The van der Waals surface area contributed by atoms with Crippen LogP contribution in [0.5, 0.6) is 0 Å². The second kappa shape index (κ2) is 6.66. The first-order valence-electron chi connectivity index (χ1n) is 7.71. The predicted octanol–water partition coefficient (Wildman–Crippen LogP) is 4.27. The third-order valence-electron chi connectivity index (χ3n) is 3.84. The minimum Gasteiger partial charge on any atom is -0.449 e. The van der Waals surface area contributed by atoms with E-state index in [0.717, 1.165) is 16.7 Å². The average Bonchev–Trinajstić information content (AvgIpc) is 3.08. The molecular weight excluding hydrogens is 304 g/mol. The van der Waals surface area contributed by atoms with E-state index in [1.807, 2.05) is 56.3 Å². The van der Waals surface area contributed by atoms with Gasteiger partial charge in [0.15, 0.2) is 6.10 Å². The highest BCUT2D eigenvalue weighted by Gasteiger charge is 2.20. The number of benzene rings is 2. The first-order chi connectivity index (χ1) is 11.5. The molecule has 2 aromatic carbocycles. The van der Waals surface area contributed by atoms with Gasteiger partial charge in [-0.05, 0) is 56.2 Å². The van der Waals surface area contributed by atoms with E-state index in [1.165, 1.54) is 0 Å². The second-order valence-electron chi connectivity index (χ2n) is 5.66. The highest BCUT2D eigenvalue weighted by molar-refractivity contribution is 5.89. The van der Waals surface area contributed by atoms with E-state index in [9.17, 15) is 4.79 Å². The Morgan fingerprint density at radius 1 is 1.04 bits per heavy atom. The summed E-state index contributed by atoms with van der Waals surface area (Å²) in [7, 11) is 0. The molecule has 122 valence electrons. The molecule has 0 N–H and O–H groups in total. The monoisotopic (exact) mass is 322 g/mol. The van der Waals surface area contributed by atoms with Gasteiger partial charge in [0.25, 0.3) is 5.89 Å². The molecule has 1 atom stereocenters. The van der Waals surface area contributed by atoms with Crippen molar-refractivity contribution in [3.8, 4) is 11.5 Å². The summed E-state index contributed by atoms with van der Waals surface area (Å²) < 4.78 is 11.0. The number of hydrogen-bond donors (Lipinski definition) is 0. The zero-order valence-corrected chi connectivity index (χ0v) is 13.8. The molecule has 0 spiro atoms. The standard InChI is InChI=1S/C19H18N2O3/c1-12-9-10-16(11-13(12)2)19(22)23-14(3)17-20-21-18(24-17)15-7-5-4-6-8-15/h4-11,14H,1-3H3/t14-/m0/s1. The fourth-order valence-electron chi connectivity index (χ4n) is 2.24. The average molecular weight is 322 g/mol. The zero-order valence-electron chi connectivity index (χ0n) is 13.8. The Hall–Kier alpha value is -2.95. The largest absolute Gasteiger partial charge is 0.449 e. The van der Waals surface area contributed by atoms with Gasteiger partial charge in [-0.15, -0.1) is 10.2 Å². The van der Waals surface area contributed by atoms with Crippen LogP contribution in [0.3, 0.4) is 0 Å². The van der Waals surface area contributed by atoms with Gasteiger partial charge in [0.05, 0.1) is 5.56 Å². The molecule has 24 heavy (non-hydrogen) atoms. The summed E-state index contributed by atoms with van der Waals surface area (Å²) in [5.41, 5.74) is 3.50. The Balaban J connectivity index is 1.73. The van der Waals surface area contributed by atoms with Gasteiger partial charge in [-0.25, -0.2) is 4.79 Å². The van der Waals surface area contributed by atoms with Crippen LogP contribution in [-0.4, -0.2) is 16.2 Å². The van der Waals surface area contributed by atoms with Crippen molar-refractivity contribution in [2.24, 2.45) is 0 Å². The zero-order chi connectivity index (χ0) is 17.1. The molecule has 1 aromatic heterocycles. The van der Waals surface area contributed by atoms with Crippen molar-refractivity contribution < 1.29 is 13.9 Å². The third kappa shape index (κ3) is 3.35. The molecular formula is C19H18N2O3. The normalized spacial score (nSPS) is 12.0. The topological polar surface area (TPSA) is 65.2 Å². The van der Waals surface area contributed by atoms with Crippen molar-refractivity contribution in [3.63, 3.8) is 0 Å². The molecule has 1 heterocycles. The Labute approximate surface area is 140 Å². The Morgan fingerprint density at radius 3 is 2.50 bits per heavy atom. The van der Waals surface area contributed by atoms with Crippen LogP contribution in [0.15, 0.2) is 52.9 Å². The van der Waals surface area contributed by atoms with Crippen molar-refractivity contribution in [1.29, 1.82) is 0 Å². The van der Waals surface area contributed by atoms with Gasteiger partial charge in [0, 0.05) is 5.56 Å². The van der Waals surface area contributed by atoms with Gasteiger partial charge in [-0.2, -0.15) is 0 Å². The maximum atomic E-state index is 12.3. The van der Waals surface area contributed by atoms with Gasteiger partial charge in [0.1, 0.15) is 0 Å².